The van der Waals surface area contributed by atoms with E-state index in [0.29, 0.717) is 5.82 Å². The molecule has 0 aliphatic carbocycles. The van der Waals surface area contributed by atoms with Crippen LogP contribution < -0.4 is 0 Å². The van der Waals surface area contributed by atoms with Crippen LogP contribution in [-0.4, -0.2) is 9.97 Å². The number of fused-ring (bicyclic) bond motifs is 10. The third-order valence-electron chi connectivity index (χ3n) is 12.2. The van der Waals surface area contributed by atoms with Crippen molar-refractivity contribution in [2.24, 2.45) is 0 Å². The maximum atomic E-state index is 5.35. The summed E-state index contributed by atoms with van der Waals surface area (Å²) in [4.78, 5) is 10.7. The monoisotopic (exact) mass is 760 g/mol. The Morgan fingerprint density at radius 1 is 0.217 bits per heavy atom. The van der Waals surface area contributed by atoms with Gasteiger partial charge in [0.05, 0.1) is 11.4 Å². The van der Waals surface area contributed by atoms with Crippen molar-refractivity contribution < 1.29 is 0 Å². The number of aromatic nitrogens is 2. The summed E-state index contributed by atoms with van der Waals surface area (Å²) in [7, 11) is 0. The van der Waals surface area contributed by atoms with Crippen LogP contribution in [0, 0.1) is 0 Å². The molecule has 1 aromatic heterocycles. The van der Waals surface area contributed by atoms with Gasteiger partial charge in [0.15, 0.2) is 5.82 Å². The van der Waals surface area contributed by atoms with Crippen LogP contribution in [0.4, 0.5) is 0 Å². The third kappa shape index (κ3) is 5.65. The van der Waals surface area contributed by atoms with Crippen LogP contribution in [0.1, 0.15) is 0 Å². The number of hydrogen-bond acceptors (Lipinski definition) is 2. The molecule has 2 heteroatoms. The van der Waals surface area contributed by atoms with E-state index in [9.17, 15) is 0 Å². The Morgan fingerprint density at radius 2 is 0.700 bits per heavy atom. The Bertz CT molecular complexity index is 3610. The topological polar surface area (TPSA) is 25.8 Å². The van der Waals surface area contributed by atoms with Crippen molar-refractivity contribution in [3.8, 4) is 56.2 Å². The Morgan fingerprint density at radius 3 is 1.42 bits per heavy atom. The van der Waals surface area contributed by atoms with E-state index in [4.69, 9.17) is 9.97 Å². The molecule has 12 rings (SSSR count). The van der Waals surface area contributed by atoms with Gasteiger partial charge in [0.2, 0.25) is 0 Å². The highest BCUT2D eigenvalue weighted by Crippen LogP contribution is 2.41. The molecule has 0 aliphatic rings. The molecule has 60 heavy (non-hydrogen) atoms. The first kappa shape index (κ1) is 34.1. The summed E-state index contributed by atoms with van der Waals surface area (Å²) < 4.78 is 0. The van der Waals surface area contributed by atoms with Crippen molar-refractivity contribution in [1.82, 2.24) is 9.97 Å². The van der Waals surface area contributed by atoms with Gasteiger partial charge in [-0.1, -0.05) is 194 Å². The zero-order valence-corrected chi connectivity index (χ0v) is 32.7. The van der Waals surface area contributed by atoms with Crippen molar-refractivity contribution in [3.05, 3.63) is 218 Å². The van der Waals surface area contributed by atoms with E-state index in [1.807, 2.05) is 0 Å². The highest BCUT2D eigenvalue weighted by atomic mass is 14.9. The van der Waals surface area contributed by atoms with Crippen molar-refractivity contribution in [3.63, 3.8) is 0 Å². The largest absolute Gasteiger partial charge is 0.228 e. The fraction of sp³-hybridized carbons (Fsp3) is 0. The molecule has 0 atom stereocenters. The van der Waals surface area contributed by atoms with E-state index in [1.165, 1.54) is 75.8 Å². The van der Waals surface area contributed by atoms with Gasteiger partial charge in [-0.05, 0) is 111 Å². The zero-order chi connectivity index (χ0) is 39.6. The van der Waals surface area contributed by atoms with Crippen LogP contribution in [0.5, 0.6) is 0 Å². The standard InChI is InChI=1S/C58H36N2/c1-2-13-37(14-3-1)41-17-12-18-43(33-41)55-36-56(44-30-31-51-49-23-9-8-21-47(49)48-22-10-11-24-50(48)54(51)35-44)60-58(59-55)40-27-25-39(26-28-40)57-46-20-7-5-16-42(46)34-53-45-19-6-4-15-38(45)29-32-52(53)57/h1-36H. The van der Waals surface area contributed by atoms with Crippen molar-refractivity contribution in [2.45, 2.75) is 0 Å². The Hall–Kier alpha value is -7.94. The second-order valence-corrected chi connectivity index (χ2v) is 15.7. The Labute approximate surface area is 347 Å². The molecule has 0 saturated carbocycles. The average Bonchev–Trinajstić information content (AvgIpc) is 3.33. The highest BCUT2D eigenvalue weighted by Gasteiger charge is 2.16. The first-order valence-corrected chi connectivity index (χ1v) is 20.6. The van der Waals surface area contributed by atoms with E-state index in [2.05, 4.69) is 218 Å². The molecule has 0 bridgehead atoms. The number of benzene rings is 11. The van der Waals surface area contributed by atoms with E-state index in [0.717, 1.165) is 39.2 Å². The van der Waals surface area contributed by atoms with Crippen LogP contribution in [-0.2, 0) is 0 Å². The molecule has 278 valence electrons. The Kier molecular flexibility index (Phi) is 7.89. The van der Waals surface area contributed by atoms with Crippen molar-refractivity contribution in [2.75, 3.05) is 0 Å². The molecule has 11 aromatic carbocycles. The molecule has 0 unspecified atom stereocenters. The lowest BCUT2D eigenvalue weighted by molar-refractivity contribution is 1.18. The number of hydrogen-bond donors (Lipinski definition) is 0. The normalized spacial score (nSPS) is 11.7. The molecule has 0 N–H and O–H groups in total. The summed E-state index contributed by atoms with van der Waals surface area (Å²) in [6.45, 7) is 0. The average molecular weight is 761 g/mol. The highest BCUT2D eigenvalue weighted by molar-refractivity contribution is 6.26. The minimum absolute atomic E-state index is 0.691. The maximum absolute atomic E-state index is 5.35. The lowest BCUT2D eigenvalue weighted by Crippen LogP contribution is -1.96. The number of nitrogens with zero attached hydrogens (tertiary/aromatic N) is 2. The predicted octanol–water partition coefficient (Wildman–Crippen LogP) is 15.7. The summed E-state index contributed by atoms with van der Waals surface area (Å²) in [6.07, 6.45) is 0. The van der Waals surface area contributed by atoms with Crippen LogP contribution in [0.2, 0.25) is 0 Å². The lowest BCUT2D eigenvalue weighted by Gasteiger charge is -2.15. The quantitative estimate of drug-likeness (QED) is 0.129. The SMILES string of the molecule is c1ccc(-c2cccc(-c3cc(-c4ccc5c6ccccc6c6ccccc6c5c4)nc(-c4ccc(-c5c6ccccc6cc6c5ccc5ccccc56)cc4)n3)c2)cc1. The minimum Gasteiger partial charge on any atom is -0.228 e. The molecule has 0 radical (unpaired) electrons. The molecule has 0 aliphatic heterocycles. The molecule has 0 spiro atoms. The van der Waals surface area contributed by atoms with E-state index < -0.39 is 0 Å². The van der Waals surface area contributed by atoms with Gasteiger partial charge in [0.25, 0.3) is 0 Å². The summed E-state index contributed by atoms with van der Waals surface area (Å²) in [6, 6.07) is 78.8. The van der Waals surface area contributed by atoms with Gasteiger partial charge >= 0.3 is 0 Å². The van der Waals surface area contributed by atoms with Crippen LogP contribution in [0.15, 0.2) is 218 Å². The van der Waals surface area contributed by atoms with Gasteiger partial charge in [0.1, 0.15) is 0 Å². The summed E-state index contributed by atoms with van der Waals surface area (Å²) in [5, 5.41) is 15.0. The molecule has 0 saturated heterocycles. The van der Waals surface area contributed by atoms with Crippen LogP contribution in [0.3, 0.4) is 0 Å². The van der Waals surface area contributed by atoms with E-state index in [-0.39, 0.29) is 0 Å². The molecule has 0 amide bonds. The fourth-order valence-electron chi connectivity index (χ4n) is 9.34. The van der Waals surface area contributed by atoms with Gasteiger partial charge in [-0.3, -0.25) is 0 Å². The first-order valence-electron chi connectivity index (χ1n) is 20.6. The molecule has 1 heterocycles. The van der Waals surface area contributed by atoms with Gasteiger partial charge in [-0.2, -0.15) is 0 Å². The zero-order valence-electron chi connectivity index (χ0n) is 32.7. The van der Waals surface area contributed by atoms with Crippen molar-refractivity contribution in [1.29, 1.82) is 0 Å². The molecule has 2 nitrogen and oxygen atoms in total. The second-order valence-electron chi connectivity index (χ2n) is 15.7. The van der Waals surface area contributed by atoms with E-state index in [1.54, 1.807) is 0 Å². The van der Waals surface area contributed by atoms with Gasteiger partial charge in [-0.25, -0.2) is 9.97 Å². The summed E-state index contributed by atoms with van der Waals surface area (Å²) >= 11 is 0. The third-order valence-corrected chi connectivity index (χ3v) is 12.2. The number of rotatable bonds is 5. The van der Waals surface area contributed by atoms with E-state index >= 15 is 0 Å². The predicted molar refractivity (Wildman–Crippen MR) is 254 cm³/mol. The molecule has 12 aromatic rings. The minimum atomic E-state index is 0.691. The smallest absolute Gasteiger partial charge is 0.160 e. The molecule has 0 fully saturated rings. The molecular formula is C58H36N2. The maximum Gasteiger partial charge on any atom is 0.160 e. The fourth-order valence-corrected chi connectivity index (χ4v) is 9.34. The summed E-state index contributed by atoms with van der Waals surface area (Å²) in [5.41, 5.74) is 9.56. The van der Waals surface area contributed by atoms with Crippen molar-refractivity contribution >= 4 is 64.6 Å². The van der Waals surface area contributed by atoms with Crippen LogP contribution >= 0.6 is 0 Å². The van der Waals surface area contributed by atoms with Crippen LogP contribution in [0.25, 0.3) is 121 Å². The lowest BCUT2D eigenvalue weighted by atomic mass is 9.89. The Balaban J connectivity index is 1.04. The van der Waals surface area contributed by atoms with Gasteiger partial charge in [-0.15, -0.1) is 0 Å². The van der Waals surface area contributed by atoms with Gasteiger partial charge in [0, 0.05) is 16.7 Å². The van der Waals surface area contributed by atoms with Gasteiger partial charge < -0.3 is 0 Å². The molecular weight excluding hydrogens is 725 g/mol. The second kappa shape index (κ2) is 13.9. The first-order chi connectivity index (χ1) is 29.7. The summed E-state index contributed by atoms with van der Waals surface area (Å²) in [5.74, 6) is 0.691.